The van der Waals surface area contributed by atoms with E-state index < -0.39 is 0 Å². The van der Waals surface area contributed by atoms with Crippen molar-refractivity contribution in [3.63, 3.8) is 0 Å². The van der Waals surface area contributed by atoms with Crippen molar-refractivity contribution in [3.8, 4) is 0 Å². The molecule has 5 heteroatoms. The highest BCUT2D eigenvalue weighted by atomic mass is 79.9. The highest BCUT2D eigenvalue weighted by Crippen LogP contribution is 2.16. The fourth-order valence-electron chi connectivity index (χ4n) is 0.683. The Morgan fingerprint density at radius 1 is 1.69 bits per heavy atom. The van der Waals surface area contributed by atoms with Crippen molar-refractivity contribution >= 4 is 33.6 Å². The van der Waals surface area contributed by atoms with E-state index in [1.807, 2.05) is 6.92 Å². The standard InChI is InChI=1S/C8H8BrClN2O/c1-2-13-4-3-7-6(9)5-11-8(10)12-7/h3-5H,2H2,1H3. The number of aromatic nitrogens is 2. The third-order valence-electron chi connectivity index (χ3n) is 1.23. The minimum Gasteiger partial charge on any atom is -0.501 e. The van der Waals surface area contributed by atoms with Gasteiger partial charge in [0, 0.05) is 6.20 Å². The number of nitrogens with zero attached hydrogens (tertiary/aromatic N) is 2. The molecule has 1 aromatic rings. The number of halogens is 2. The maximum atomic E-state index is 5.61. The average molecular weight is 264 g/mol. The van der Waals surface area contributed by atoms with Gasteiger partial charge in [0.05, 0.1) is 23.0 Å². The molecule has 0 aliphatic rings. The summed E-state index contributed by atoms with van der Waals surface area (Å²) in [5, 5.41) is 0.222. The van der Waals surface area contributed by atoms with E-state index >= 15 is 0 Å². The van der Waals surface area contributed by atoms with Gasteiger partial charge in [-0.15, -0.1) is 0 Å². The van der Waals surface area contributed by atoms with Crippen molar-refractivity contribution in [2.45, 2.75) is 6.92 Å². The van der Waals surface area contributed by atoms with Gasteiger partial charge in [0.1, 0.15) is 0 Å². The lowest BCUT2D eigenvalue weighted by atomic mass is 10.4. The zero-order valence-corrected chi connectivity index (χ0v) is 9.34. The van der Waals surface area contributed by atoms with Crippen molar-refractivity contribution in [1.82, 2.24) is 9.97 Å². The van der Waals surface area contributed by atoms with Crippen molar-refractivity contribution in [1.29, 1.82) is 0 Å². The molecule has 0 spiro atoms. The van der Waals surface area contributed by atoms with E-state index in [1.165, 1.54) is 0 Å². The van der Waals surface area contributed by atoms with Crippen molar-refractivity contribution in [3.05, 3.63) is 27.9 Å². The molecule has 0 aliphatic heterocycles. The first-order valence-electron chi connectivity index (χ1n) is 3.70. The van der Waals surface area contributed by atoms with Gasteiger partial charge in [-0.2, -0.15) is 0 Å². The zero-order valence-electron chi connectivity index (χ0n) is 7.00. The third kappa shape index (κ3) is 3.32. The summed E-state index contributed by atoms with van der Waals surface area (Å²) in [5.41, 5.74) is 0.702. The monoisotopic (exact) mass is 262 g/mol. The molecule has 0 atom stereocenters. The van der Waals surface area contributed by atoms with Crippen LogP contribution in [-0.2, 0) is 4.74 Å². The fraction of sp³-hybridized carbons (Fsp3) is 0.250. The Balaban J connectivity index is 2.81. The first-order chi connectivity index (χ1) is 6.24. The van der Waals surface area contributed by atoms with Crippen LogP contribution in [0, 0.1) is 0 Å². The number of ether oxygens (including phenoxy) is 1. The second kappa shape index (κ2) is 5.19. The molecule has 0 aliphatic carbocycles. The topological polar surface area (TPSA) is 35.0 Å². The van der Waals surface area contributed by atoms with Gasteiger partial charge in [0.2, 0.25) is 5.28 Å². The Morgan fingerprint density at radius 3 is 3.15 bits per heavy atom. The predicted molar refractivity (Wildman–Crippen MR) is 55.4 cm³/mol. The number of rotatable bonds is 3. The average Bonchev–Trinajstić information content (AvgIpc) is 2.11. The molecule has 0 saturated carbocycles. The van der Waals surface area contributed by atoms with Crippen molar-refractivity contribution < 1.29 is 4.74 Å². The van der Waals surface area contributed by atoms with Gasteiger partial charge in [-0.05, 0) is 40.5 Å². The molecule has 0 bridgehead atoms. The molecule has 1 aromatic heterocycles. The van der Waals surface area contributed by atoms with Crippen LogP contribution < -0.4 is 0 Å². The summed E-state index contributed by atoms with van der Waals surface area (Å²) in [6.45, 7) is 2.54. The van der Waals surface area contributed by atoms with Gasteiger partial charge in [-0.3, -0.25) is 0 Å². The van der Waals surface area contributed by atoms with Crippen molar-refractivity contribution in [2.24, 2.45) is 0 Å². The molecular formula is C8H8BrClN2O. The van der Waals surface area contributed by atoms with Crippen LogP contribution in [0.4, 0.5) is 0 Å². The maximum absolute atomic E-state index is 5.61. The van der Waals surface area contributed by atoms with Crippen LogP contribution in [0.5, 0.6) is 0 Å². The van der Waals surface area contributed by atoms with Gasteiger partial charge in [0.15, 0.2) is 0 Å². The summed E-state index contributed by atoms with van der Waals surface area (Å²) in [7, 11) is 0. The van der Waals surface area contributed by atoms with Crippen LogP contribution in [0.15, 0.2) is 16.9 Å². The van der Waals surface area contributed by atoms with Gasteiger partial charge in [-0.1, -0.05) is 0 Å². The molecule has 13 heavy (non-hydrogen) atoms. The van der Waals surface area contributed by atoms with Crippen LogP contribution in [0.25, 0.3) is 6.08 Å². The van der Waals surface area contributed by atoms with E-state index in [4.69, 9.17) is 16.3 Å². The Morgan fingerprint density at radius 2 is 2.46 bits per heavy atom. The van der Waals surface area contributed by atoms with Gasteiger partial charge >= 0.3 is 0 Å². The second-order valence-corrected chi connectivity index (χ2v) is 3.32. The van der Waals surface area contributed by atoms with Crippen LogP contribution in [-0.4, -0.2) is 16.6 Å². The molecule has 1 rings (SSSR count). The largest absolute Gasteiger partial charge is 0.501 e. The first kappa shape index (κ1) is 10.5. The van der Waals surface area contributed by atoms with E-state index in [1.54, 1.807) is 18.5 Å². The molecular weight excluding hydrogens is 255 g/mol. The molecule has 0 fully saturated rings. The normalized spacial score (nSPS) is 10.7. The van der Waals surface area contributed by atoms with E-state index in [2.05, 4.69) is 25.9 Å². The lowest BCUT2D eigenvalue weighted by Crippen LogP contribution is -1.87. The minimum atomic E-state index is 0.222. The quantitative estimate of drug-likeness (QED) is 0.621. The molecule has 0 amide bonds. The molecule has 0 radical (unpaired) electrons. The van der Waals surface area contributed by atoms with E-state index in [9.17, 15) is 0 Å². The molecule has 70 valence electrons. The summed E-state index contributed by atoms with van der Waals surface area (Å²) in [4.78, 5) is 7.79. The minimum absolute atomic E-state index is 0.222. The lowest BCUT2D eigenvalue weighted by molar-refractivity contribution is 0.272. The third-order valence-corrected chi connectivity index (χ3v) is 2.02. The molecule has 0 N–H and O–H groups in total. The van der Waals surface area contributed by atoms with E-state index in [0.717, 1.165) is 4.47 Å². The zero-order chi connectivity index (χ0) is 9.68. The summed E-state index contributed by atoms with van der Waals surface area (Å²) < 4.78 is 5.81. The maximum Gasteiger partial charge on any atom is 0.222 e. The summed E-state index contributed by atoms with van der Waals surface area (Å²) in [5.74, 6) is 0. The Bertz CT molecular complexity index is 317. The predicted octanol–water partition coefficient (Wildman–Crippen LogP) is 2.90. The second-order valence-electron chi connectivity index (χ2n) is 2.13. The molecule has 3 nitrogen and oxygen atoms in total. The highest BCUT2D eigenvalue weighted by molar-refractivity contribution is 9.10. The SMILES string of the molecule is CCOC=Cc1nc(Cl)ncc1Br. The van der Waals surface area contributed by atoms with Gasteiger partial charge in [-0.25, -0.2) is 9.97 Å². The van der Waals surface area contributed by atoms with Gasteiger partial charge in [0.25, 0.3) is 0 Å². The van der Waals surface area contributed by atoms with Crippen LogP contribution in [0.1, 0.15) is 12.6 Å². The summed E-state index contributed by atoms with van der Waals surface area (Å²) in [6.07, 6.45) is 4.89. The Hall–Kier alpha value is -0.610. The Labute approximate surface area is 89.9 Å². The van der Waals surface area contributed by atoms with Crippen LogP contribution >= 0.6 is 27.5 Å². The number of hydrogen-bond donors (Lipinski definition) is 0. The van der Waals surface area contributed by atoms with Crippen LogP contribution in [0.3, 0.4) is 0 Å². The number of hydrogen-bond acceptors (Lipinski definition) is 3. The molecule has 0 aromatic carbocycles. The molecule has 0 unspecified atom stereocenters. The highest BCUT2D eigenvalue weighted by Gasteiger charge is 1.99. The van der Waals surface area contributed by atoms with Crippen LogP contribution in [0.2, 0.25) is 5.28 Å². The molecule has 0 saturated heterocycles. The first-order valence-corrected chi connectivity index (χ1v) is 4.87. The summed E-state index contributed by atoms with van der Waals surface area (Å²) >= 11 is 8.90. The lowest BCUT2D eigenvalue weighted by Gasteiger charge is -1.97. The van der Waals surface area contributed by atoms with Crippen molar-refractivity contribution in [2.75, 3.05) is 6.61 Å². The van der Waals surface area contributed by atoms with E-state index in [-0.39, 0.29) is 5.28 Å². The smallest absolute Gasteiger partial charge is 0.222 e. The fourth-order valence-corrected chi connectivity index (χ4v) is 1.15. The summed E-state index contributed by atoms with van der Waals surface area (Å²) in [6, 6.07) is 0. The Kier molecular flexibility index (Phi) is 4.18. The van der Waals surface area contributed by atoms with Gasteiger partial charge < -0.3 is 4.74 Å². The molecule has 1 heterocycles. The van der Waals surface area contributed by atoms with E-state index in [0.29, 0.717) is 12.3 Å².